The van der Waals surface area contributed by atoms with E-state index < -0.39 is 36.2 Å². The SMILES string of the molecule is C[N+](C)(C)CC(O)CC(=O)O.C[N+](C)(C)CCO.O=C(O)C(O)C(O)C(=O)O. The second kappa shape index (κ2) is 14.2. The zero-order valence-electron chi connectivity index (χ0n) is 17.3. The molecule has 0 aromatic rings. The highest BCUT2D eigenvalue weighted by molar-refractivity contribution is 5.83. The van der Waals surface area contributed by atoms with E-state index in [-0.39, 0.29) is 13.0 Å². The molecule has 3 atom stereocenters. The number of carbonyl (C=O) groups is 3. The summed E-state index contributed by atoms with van der Waals surface area (Å²) < 4.78 is 1.42. The summed E-state index contributed by atoms with van der Waals surface area (Å²) in [6, 6.07) is 0. The Morgan fingerprint density at radius 1 is 0.750 bits per heavy atom. The van der Waals surface area contributed by atoms with Gasteiger partial charge in [-0.3, -0.25) is 4.79 Å². The third-order valence-electron chi connectivity index (χ3n) is 2.74. The highest BCUT2D eigenvalue weighted by Gasteiger charge is 2.29. The van der Waals surface area contributed by atoms with Crippen LogP contribution in [0.2, 0.25) is 0 Å². The van der Waals surface area contributed by atoms with Crippen molar-refractivity contribution in [1.82, 2.24) is 0 Å². The first-order valence-electron chi connectivity index (χ1n) is 8.27. The Morgan fingerprint density at radius 2 is 1.11 bits per heavy atom. The lowest BCUT2D eigenvalue weighted by molar-refractivity contribution is -0.873. The number of likely N-dealkylation sites (N-methyl/N-ethyl adjacent to an activating group) is 2. The van der Waals surface area contributed by atoms with Crippen LogP contribution in [0.5, 0.6) is 0 Å². The smallest absolute Gasteiger partial charge is 0.335 e. The standard InChI is InChI=1S/C7H15NO3.C5H14NO.C4H6O6/c1-8(2,3)5-6(9)4-7(10)11;1-6(2,3)4-5-7;5-1(3(7)8)2(6)4(9)10/h6,9H,4-5H2,1-3H3;7H,4-5H2,1-3H3;1-2,5-6H,(H,7,8)(H,9,10)/q;+1;/p+1. The van der Waals surface area contributed by atoms with Crippen molar-refractivity contribution in [3.8, 4) is 0 Å². The van der Waals surface area contributed by atoms with Crippen LogP contribution in [0.15, 0.2) is 0 Å². The normalized spacial score (nSPS) is 14.4. The molecule has 0 bridgehead atoms. The summed E-state index contributed by atoms with van der Waals surface area (Å²) in [7, 11) is 11.9. The molecule has 12 nitrogen and oxygen atoms in total. The number of nitrogens with zero attached hydrogens (tertiary/aromatic N) is 2. The Labute approximate surface area is 164 Å². The molecule has 0 rings (SSSR count). The fraction of sp³-hybridized carbons (Fsp3) is 0.812. The van der Waals surface area contributed by atoms with Crippen LogP contribution >= 0.6 is 0 Å². The molecule has 0 aromatic heterocycles. The van der Waals surface area contributed by atoms with Crippen molar-refractivity contribution >= 4 is 17.9 Å². The quantitative estimate of drug-likeness (QED) is 0.192. The minimum atomic E-state index is -2.27. The van der Waals surface area contributed by atoms with E-state index >= 15 is 0 Å². The fourth-order valence-corrected chi connectivity index (χ4v) is 1.47. The molecule has 0 aromatic carbocycles. The van der Waals surface area contributed by atoms with Crippen molar-refractivity contribution in [2.75, 3.05) is 62.0 Å². The van der Waals surface area contributed by atoms with Crippen molar-refractivity contribution in [1.29, 1.82) is 0 Å². The van der Waals surface area contributed by atoms with Gasteiger partial charge in [-0.25, -0.2) is 9.59 Å². The monoisotopic (exact) mass is 416 g/mol. The minimum absolute atomic E-state index is 0.171. The van der Waals surface area contributed by atoms with E-state index in [1.165, 1.54) is 0 Å². The lowest BCUT2D eigenvalue weighted by atomic mass is 10.2. The van der Waals surface area contributed by atoms with E-state index in [2.05, 4.69) is 21.1 Å². The van der Waals surface area contributed by atoms with Crippen LogP contribution in [0.3, 0.4) is 0 Å². The van der Waals surface area contributed by atoms with Crippen LogP contribution in [0.4, 0.5) is 0 Å². The predicted octanol–water partition coefficient (Wildman–Crippen LogP) is -2.91. The third-order valence-corrected chi connectivity index (χ3v) is 2.74. The van der Waals surface area contributed by atoms with E-state index in [0.29, 0.717) is 11.0 Å². The summed E-state index contributed by atoms with van der Waals surface area (Å²) in [6.07, 6.45) is -5.45. The zero-order valence-corrected chi connectivity index (χ0v) is 17.3. The molecule has 28 heavy (non-hydrogen) atoms. The number of aliphatic hydroxyl groups excluding tert-OH is 4. The molecule has 0 radical (unpaired) electrons. The van der Waals surface area contributed by atoms with Crippen LogP contribution in [-0.4, -0.2) is 143 Å². The number of carboxylic acids is 3. The van der Waals surface area contributed by atoms with Crippen LogP contribution in [-0.2, 0) is 14.4 Å². The molecule has 0 amide bonds. The van der Waals surface area contributed by atoms with Gasteiger partial charge in [0.25, 0.3) is 0 Å². The zero-order chi connectivity index (χ0) is 23.3. The summed E-state index contributed by atoms with van der Waals surface area (Å²) in [4.78, 5) is 29.7. The molecule has 0 spiro atoms. The first-order valence-corrected chi connectivity index (χ1v) is 8.27. The Kier molecular flexibility index (Phi) is 15.7. The number of aliphatic hydroxyl groups is 4. The second-order valence-electron chi connectivity index (χ2n) is 8.03. The summed E-state index contributed by atoms with van der Waals surface area (Å²) >= 11 is 0. The Hall–Kier alpha value is -1.83. The maximum absolute atomic E-state index is 10.1. The molecule has 3 unspecified atom stereocenters. The van der Waals surface area contributed by atoms with Gasteiger partial charge in [-0.05, 0) is 0 Å². The second-order valence-corrected chi connectivity index (χ2v) is 8.03. The van der Waals surface area contributed by atoms with Gasteiger partial charge in [0.1, 0.15) is 19.2 Å². The van der Waals surface area contributed by atoms with Crippen molar-refractivity contribution in [3.63, 3.8) is 0 Å². The molecule has 0 aliphatic heterocycles. The number of aliphatic carboxylic acids is 3. The number of carboxylic acid groups (broad SMARTS) is 3. The topological polar surface area (TPSA) is 193 Å². The first-order chi connectivity index (χ1) is 12.3. The Morgan fingerprint density at radius 3 is 1.25 bits per heavy atom. The average molecular weight is 416 g/mol. The van der Waals surface area contributed by atoms with E-state index in [0.717, 1.165) is 11.0 Å². The predicted molar refractivity (Wildman–Crippen MR) is 98.4 cm³/mol. The number of hydrogen-bond acceptors (Lipinski definition) is 7. The van der Waals surface area contributed by atoms with Crippen LogP contribution in [0.25, 0.3) is 0 Å². The summed E-state index contributed by atoms with van der Waals surface area (Å²) in [5.74, 6) is -4.49. The molecule has 0 saturated carbocycles. The van der Waals surface area contributed by atoms with Crippen LogP contribution in [0.1, 0.15) is 6.42 Å². The molecule has 168 valence electrons. The van der Waals surface area contributed by atoms with Gasteiger partial charge in [0.2, 0.25) is 0 Å². The summed E-state index contributed by atoms with van der Waals surface area (Å²) in [5, 5.41) is 58.4. The van der Waals surface area contributed by atoms with Gasteiger partial charge in [0, 0.05) is 0 Å². The minimum Gasteiger partial charge on any atom is -0.481 e. The van der Waals surface area contributed by atoms with Gasteiger partial charge >= 0.3 is 17.9 Å². The molecule has 0 heterocycles. The number of rotatable bonds is 9. The van der Waals surface area contributed by atoms with Gasteiger partial charge in [-0.15, -0.1) is 0 Å². The van der Waals surface area contributed by atoms with E-state index in [1.807, 2.05) is 21.1 Å². The maximum Gasteiger partial charge on any atom is 0.335 e. The van der Waals surface area contributed by atoms with Crippen molar-refractivity contribution < 1.29 is 59.1 Å². The van der Waals surface area contributed by atoms with Gasteiger partial charge < -0.3 is 44.7 Å². The lowest BCUT2D eigenvalue weighted by Gasteiger charge is -2.25. The first kappa shape index (κ1) is 30.9. The molecule has 7 N–H and O–H groups in total. The fourth-order valence-electron chi connectivity index (χ4n) is 1.47. The molecule has 0 aliphatic rings. The molecular weight excluding hydrogens is 380 g/mol. The number of hydrogen-bond donors (Lipinski definition) is 7. The third kappa shape index (κ3) is 24.2. The van der Waals surface area contributed by atoms with Crippen molar-refractivity contribution in [2.45, 2.75) is 24.7 Å². The van der Waals surface area contributed by atoms with E-state index in [4.69, 9.17) is 35.7 Å². The molecule has 0 saturated heterocycles. The molecule has 12 heteroatoms. The maximum atomic E-state index is 10.1. The number of quaternary nitrogens is 2. The largest absolute Gasteiger partial charge is 0.481 e. The molecule has 0 aliphatic carbocycles. The highest BCUT2D eigenvalue weighted by Crippen LogP contribution is 1.98. The van der Waals surface area contributed by atoms with E-state index in [1.54, 1.807) is 0 Å². The Bertz CT molecular complexity index is 453. The molecule has 0 fully saturated rings. The average Bonchev–Trinajstić information content (AvgIpc) is 2.42. The summed E-state index contributed by atoms with van der Waals surface area (Å²) in [6.45, 7) is 1.58. The Balaban J connectivity index is -0.000000343. The van der Waals surface area contributed by atoms with Crippen LogP contribution < -0.4 is 0 Å². The van der Waals surface area contributed by atoms with Gasteiger partial charge in [0.05, 0.1) is 55.3 Å². The van der Waals surface area contributed by atoms with Gasteiger partial charge in [-0.1, -0.05) is 0 Å². The highest BCUT2D eigenvalue weighted by atomic mass is 16.4. The molecular formula is C16H36N2O10+2. The van der Waals surface area contributed by atoms with Crippen molar-refractivity contribution in [2.24, 2.45) is 0 Å². The van der Waals surface area contributed by atoms with Gasteiger partial charge in [-0.2, -0.15) is 0 Å². The lowest BCUT2D eigenvalue weighted by Crippen LogP contribution is -2.42. The van der Waals surface area contributed by atoms with Crippen LogP contribution in [0, 0.1) is 0 Å². The summed E-state index contributed by atoms with van der Waals surface area (Å²) in [5.41, 5.74) is 0. The van der Waals surface area contributed by atoms with Gasteiger partial charge in [0.15, 0.2) is 12.2 Å². The van der Waals surface area contributed by atoms with E-state index in [9.17, 15) is 14.4 Å². The van der Waals surface area contributed by atoms with Crippen molar-refractivity contribution in [3.05, 3.63) is 0 Å².